The van der Waals surface area contributed by atoms with Gasteiger partial charge in [0, 0.05) is 12.3 Å². The molecule has 1 fully saturated rings. The molecular formula is C9H13F3O. The molecule has 1 unspecified atom stereocenters. The van der Waals surface area contributed by atoms with Gasteiger partial charge in [-0.3, -0.25) is 4.79 Å². The molecule has 0 spiro atoms. The first-order chi connectivity index (χ1) is 5.72. The van der Waals surface area contributed by atoms with E-state index in [2.05, 4.69) is 0 Å². The highest BCUT2D eigenvalue weighted by molar-refractivity contribution is 5.84. The monoisotopic (exact) mass is 194 g/mol. The van der Waals surface area contributed by atoms with Gasteiger partial charge in [0.2, 0.25) is 0 Å². The Morgan fingerprint density at radius 2 is 1.92 bits per heavy atom. The van der Waals surface area contributed by atoms with Crippen LogP contribution in [0.4, 0.5) is 13.2 Å². The van der Waals surface area contributed by atoms with Crippen LogP contribution in [0.25, 0.3) is 0 Å². The maximum Gasteiger partial charge on any atom is 0.389 e. The summed E-state index contributed by atoms with van der Waals surface area (Å²) in [5, 5.41) is 0. The highest BCUT2D eigenvalue weighted by Gasteiger charge is 2.50. The number of rotatable bonds is 3. The van der Waals surface area contributed by atoms with E-state index in [-0.39, 0.29) is 23.5 Å². The summed E-state index contributed by atoms with van der Waals surface area (Å²) in [4.78, 5) is 11.2. The fourth-order valence-corrected chi connectivity index (χ4v) is 1.46. The minimum Gasteiger partial charge on any atom is -0.299 e. The van der Waals surface area contributed by atoms with Crippen molar-refractivity contribution >= 4 is 5.78 Å². The van der Waals surface area contributed by atoms with Gasteiger partial charge in [-0.05, 0) is 11.8 Å². The first-order valence-electron chi connectivity index (χ1n) is 4.32. The van der Waals surface area contributed by atoms with Crippen LogP contribution in [0.3, 0.4) is 0 Å². The van der Waals surface area contributed by atoms with Gasteiger partial charge in [-0.25, -0.2) is 0 Å². The summed E-state index contributed by atoms with van der Waals surface area (Å²) in [5.41, 5.74) is -0.0529. The van der Waals surface area contributed by atoms with E-state index < -0.39 is 12.6 Å². The molecule has 1 saturated carbocycles. The van der Waals surface area contributed by atoms with E-state index in [0.29, 0.717) is 0 Å². The topological polar surface area (TPSA) is 17.1 Å². The Bertz CT molecular complexity index is 217. The Kier molecular flexibility index (Phi) is 2.43. The van der Waals surface area contributed by atoms with Crippen molar-refractivity contribution in [2.75, 3.05) is 0 Å². The molecule has 1 rings (SSSR count). The summed E-state index contributed by atoms with van der Waals surface area (Å²) < 4.78 is 35.2. The quantitative estimate of drug-likeness (QED) is 0.675. The molecule has 0 aromatic heterocycles. The lowest BCUT2D eigenvalue weighted by Gasteiger charge is -2.05. The molecule has 1 aliphatic rings. The smallest absolute Gasteiger partial charge is 0.299 e. The number of hydrogen-bond acceptors (Lipinski definition) is 1. The number of alkyl halides is 3. The minimum atomic E-state index is -4.20. The Hall–Kier alpha value is -0.540. The van der Waals surface area contributed by atoms with Crippen molar-refractivity contribution in [3.63, 3.8) is 0 Å². The third-order valence-electron chi connectivity index (χ3n) is 2.56. The Balaban J connectivity index is 2.29. The van der Waals surface area contributed by atoms with E-state index in [9.17, 15) is 18.0 Å². The van der Waals surface area contributed by atoms with Crippen molar-refractivity contribution in [1.82, 2.24) is 0 Å². The molecule has 0 amide bonds. The molecule has 0 aromatic carbocycles. The van der Waals surface area contributed by atoms with Crippen LogP contribution in [0.5, 0.6) is 0 Å². The molecular weight excluding hydrogens is 181 g/mol. The van der Waals surface area contributed by atoms with Crippen LogP contribution >= 0.6 is 0 Å². The molecule has 0 saturated heterocycles. The summed E-state index contributed by atoms with van der Waals surface area (Å²) in [6.45, 7) is 3.81. The highest BCUT2D eigenvalue weighted by Crippen LogP contribution is 2.52. The zero-order valence-electron chi connectivity index (χ0n) is 7.74. The number of Topliss-reactive ketones (excluding diaryl/α,β-unsaturated/α-hetero) is 1. The van der Waals surface area contributed by atoms with Gasteiger partial charge in [-0.2, -0.15) is 13.2 Å². The third kappa shape index (κ3) is 3.01. The van der Waals surface area contributed by atoms with E-state index in [1.165, 1.54) is 0 Å². The van der Waals surface area contributed by atoms with Crippen molar-refractivity contribution in [3.05, 3.63) is 0 Å². The summed E-state index contributed by atoms with van der Waals surface area (Å²) in [6.07, 6.45) is -4.78. The van der Waals surface area contributed by atoms with Crippen molar-refractivity contribution in [2.45, 2.75) is 39.3 Å². The first-order valence-corrected chi connectivity index (χ1v) is 4.32. The Morgan fingerprint density at radius 1 is 1.46 bits per heavy atom. The molecule has 76 valence electrons. The van der Waals surface area contributed by atoms with Gasteiger partial charge in [-0.1, -0.05) is 13.8 Å². The summed E-state index contributed by atoms with van der Waals surface area (Å²) in [6, 6.07) is 0. The van der Waals surface area contributed by atoms with Gasteiger partial charge in [0.05, 0.1) is 6.42 Å². The van der Waals surface area contributed by atoms with Crippen molar-refractivity contribution in [3.8, 4) is 0 Å². The zero-order chi connectivity index (χ0) is 10.3. The van der Waals surface area contributed by atoms with Crippen molar-refractivity contribution in [2.24, 2.45) is 11.3 Å². The molecule has 0 heterocycles. The maximum atomic E-state index is 11.7. The summed E-state index contributed by atoms with van der Waals surface area (Å²) >= 11 is 0. The van der Waals surface area contributed by atoms with E-state index in [0.717, 1.165) is 6.42 Å². The van der Waals surface area contributed by atoms with Gasteiger partial charge >= 0.3 is 6.18 Å². The molecule has 0 aromatic rings. The number of carbonyl (C=O) groups excluding carboxylic acids is 1. The lowest BCUT2D eigenvalue weighted by molar-refractivity contribution is -0.144. The SMILES string of the molecule is CC1(C)CC1C(=O)CCC(F)(F)F. The van der Waals surface area contributed by atoms with Crippen LogP contribution in [-0.4, -0.2) is 12.0 Å². The highest BCUT2D eigenvalue weighted by atomic mass is 19.4. The molecule has 0 N–H and O–H groups in total. The number of carbonyl (C=O) groups is 1. The molecule has 1 aliphatic carbocycles. The fourth-order valence-electron chi connectivity index (χ4n) is 1.46. The zero-order valence-corrected chi connectivity index (χ0v) is 7.74. The Morgan fingerprint density at radius 3 is 2.23 bits per heavy atom. The number of hydrogen-bond donors (Lipinski definition) is 0. The van der Waals surface area contributed by atoms with E-state index in [1.54, 1.807) is 0 Å². The second-order valence-electron chi connectivity index (χ2n) is 4.33. The lowest BCUT2D eigenvalue weighted by atomic mass is 10.0. The molecule has 0 radical (unpaired) electrons. The Labute approximate surface area is 75.3 Å². The van der Waals surface area contributed by atoms with E-state index >= 15 is 0 Å². The lowest BCUT2D eigenvalue weighted by Crippen LogP contribution is -2.13. The van der Waals surface area contributed by atoms with Crippen molar-refractivity contribution < 1.29 is 18.0 Å². The predicted molar refractivity (Wildman–Crippen MR) is 42.2 cm³/mol. The van der Waals surface area contributed by atoms with Gasteiger partial charge in [0.15, 0.2) is 0 Å². The predicted octanol–water partition coefficient (Wildman–Crippen LogP) is 2.94. The number of ketones is 1. The van der Waals surface area contributed by atoms with Gasteiger partial charge in [0.25, 0.3) is 0 Å². The average molecular weight is 194 g/mol. The molecule has 13 heavy (non-hydrogen) atoms. The second kappa shape index (κ2) is 3.00. The summed E-state index contributed by atoms with van der Waals surface area (Å²) in [7, 11) is 0. The second-order valence-corrected chi connectivity index (χ2v) is 4.33. The van der Waals surface area contributed by atoms with Gasteiger partial charge in [0.1, 0.15) is 5.78 Å². The minimum absolute atomic E-state index is 0.0529. The fraction of sp³-hybridized carbons (Fsp3) is 0.889. The molecule has 1 nitrogen and oxygen atoms in total. The normalized spacial score (nSPS) is 25.8. The molecule has 4 heteroatoms. The average Bonchev–Trinajstić information content (AvgIpc) is 2.53. The third-order valence-corrected chi connectivity index (χ3v) is 2.56. The van der Waals surface area contributed by atoms with Crippen LogP contribution in [0, 0.1) is 11.3 Å². The van der Waals surface area contributed by atoms with E-state index in [1.807, 2.05) is 13.8 Å². The molecule has 1 atom stereocenters. The van der Waals surface area contributed by atoms with Crippen LogP contribution in [0.1, 0.15) is 33.1 Å². The van der Waals surface area contributed by atoms with Crippen LogP contribution in [-0.2, 0) is 4.79 Å². The van der Waals surface area contributed by atoms with Crippen LogP contribution in [0.2, 0.25) is 0 Å². The van der Waals surface area contributed by atoms with Crippen LogP contribution in [0.15, 0.2) is 0 Å². The standard InChI is InChI=1S/C9H13F3O/c1-8(2)5-6(8)7(13)3-4-9(10,11)12/h6H,3-5H2,1-2H3. The summed E-state index contributed by atoms with van der Waals surface area (Å²) in [5.74, 6) is -0.364. The van der Waals surface area contributed by atoms with Gasteiger partial charge < -0.3 is 0 Å². The van der Waals surface area contributed by atoms with E-state index in [4.69, 9.17) is 0 Å². The number of halogens is 3. The first kappa shape index (κ1) is 10.5. The largest absolute Gasteiger partial charge is 0.389 e. The molecule has 0 bridgehead atoms. The molecule has 0 aliphatic heterocycles. The van der Waals surface area contributed by atoms with Crippen molar-refractivity contribution in [1.29, 1.82) is 0 Å². The van der Waals surface area contributed by atoms with Gasteiger partial charge in [-0.15, -0.1) is 0 Å². The van der Waals surface area contributed by atoms with Crippen LogP contribution < -0.4 is 0 Å². The maximum absolute atomic E-state index is 11.7.